The summed E-state index contributed by atoms with van der Waals surface area (Å²) in [6, 6.07) is 15.0. The molecule has 7 nitrogen and oxygen atoms in total. The van der Waals surface area contributed by atoms with Crippen molar-refractivity contribution in [1.82, 2.24) is 4.90 Å². The SMILES string of the molecule is CCC(C)N(Cc1cccc(OS(C)(=O)=O)c1)C(=O)Nc1cccc(C#N)c1. The van der Waals surface area contributed by atoms with Gasteiger partial charge in [-0.1, -0.05) is 25.1 Å². The van der Waals surface area contributed by atoms with E-state index in [1.54, 1.807) is 53.4 Å². The number of benzene rings is 2. The van der Waals surface area contributed by atoms with Gasteiger partial charge in [0.1, 0.15) is 5.75 Å². The van der Waals surface area contributed by atoms with Gasteiger partial charge < -0.3 is 14.4 Å². The number of nitriles is 1. The highest BCUT2D eigenvalue weighted by molar-refractivity contribution is 7.86. The molecule has 2 aromatic carbocycles. The van der Waals surface area contributed by atoms with Crippen LogP contribution in [-0.4, -0.2) is 31.6 Å². The zero-order valence-corrected chi connectivity index (χ0v) is 16.9. The average molecular weight is 401 g/mol. The first-order valence-corrected chi connectivity index (χ1v) is 10.6. The van der Waals surface area contributed by atoms with E-state index in [4.69, 9.17) is 9.44 Å². The molecule has 0 fully saturated rings. The largest absolute Gasteiger partial charge is 0.383 e. The third kappa shape index (κ3) is 6.28. The molecule has 0 saturated carbocycles. The number of carbonyl (C=O) groups is 1. The van der Waals surface area contributed by atoms with Crippen molar-refractivity contribution in [3.8, 4) is 11.8 Å². The van der Waals surface area contributed by atoms with Crippen LogP contribution in [0.25, 0.3) is 0 Å². The van der Waals surface area contributed by atoms with Gasteiger partial charge in [-0.15, -0.1) is 0 Å². The van der Waals surface area contributed by atoms with Crippen LogP contribution >= 0.6 is 0 Å². The summed E-state index contributed by atoms with van der Waals surface area (Å²) in [6.07, 6.45) is 1.72. The van der Waals surface area contributed by atoms with E-state index < -0.39 is 10.1 Å². The lowest BCUT2D eigenvalue weighted by Crippen LogP contribution is -2.40. The molecular formula is C20H23N3O4S. The molecule has 0 bridgehead atoms. The van der Waals surface area contributed by atoms with Crippen LogP contribution in [0.4, 0.5) is 10.5 Å². The molecule has 8 heteroatoms. The third-order valence-electron chi connectivity index (χ3n) is 4.13. The van der Waals surface area contributed by atoms with Crippen LogP contribution in [0.2, 0.25) is 0 Å². The Morgan fingerprint density at radius 1 is 1.25 bits per heavy atom. The summed E-state index contributed by atoms with van der Waals surface area (Å²) < 4.78 is 27.6. The second-order valence-corrected chi connectivity index (χ2v) is 8.02. The number of hydrogen-bond acceptors (Lipinski definition) is 5. The summed E-state index contributed by atoms with van der Waals surface area (Å²) in [5, 5.41) is 11.8. The maximum atomic E-state index is 12.8. The van der Waals surface area contributed by atoms with E-state index >= 15 is 0 Å². The number of amides is 2. The lowest BCUT2D eigenvalue weighted by Gasteiger charge is -2.29. The summed E-state index contributed by atoms with van der Waals surface area (Å²) in [5.74, 6) is 0.200. The van der Waals surface area contributed by atoms with E-state index in [1.165, 1.54) is 0 Å². The van der Waals surface area contributed by atoms with E-state index in [0.29, 0.717) is 11.3 Å². The molecule has 1 unspecified atom stereocenters. The number of nitrogens with one attached hydrogen (secondary N) is 1. The fraction of sp³-hybridized carbons (Fsp3) is 0.300. The van der Waals surface area contributed by atoms with Crippen molar-refractivity contribution in [1.29, 1.82) is 5.26 Å². The molecule has 28 heavy (non-hydrogen) atoms. The molecule has 0 saturated heterocycles. The maximum absolute atomic E-state index is 12.8. The molecule has 0 aromatic heterocycles. The van der Waals surface area contributed by atoms with E-state index in [2.05, 4.69) is 5.32 Å². The third-order valence-corrected chi connectivity index (χ3v) is 4.62. The predicted octanol–water partition coefficient (Wildman–Crippen LogP) is 3.73. The van der Waals surface area contributed by atoms with Crippen molar-refractivity contribution in [2.24, 2.45) is 0 Å². The van der Waals surface area contributed by atoms with Crippen LogP contribution in [0.5, 0.6) is 5.75 Å². The van der Waals surface area contributed by atoms with Gasteiger partial charge in [0.2, 0.25) is 0 Å². The summed E-state index contributed by atoms with van der Waals surface area (Å²) in [4.78, 5) is 14.5. The van der Waals surface area contributed by atoms with Crippen molar-refractivity contribution in [3.05, 3.63) is 59.7 Å². The summed E-state index contributed by atoms with van der Waals surface area (Å²) >= 11 is 0. The molecule has 2 rings (SSSR count). The number of carbonyl (C=O) groups excluding carboxylic acids is 1. The number of nitrogens with zero attached hydrogens (tertiary/aromatic N) is 2. The van der Waals surface area contributed by atoms with Crippen LogP contribution < -0.4 is 9.50 Å². The standard InChI is InChI=1S/C20H23N3O4S/c1-4-15(2)23(20(24)22-18-9-5-7-16(11-18)13-21)14-17-8-6-10-19(12-17)27-28(3,25)26/h5-12,15H,4,14H2,1-3H3,(H,22,24). The highest BCUT2D eigenvalue weighted by atomic mass is 32.2. The minimum absolute atomic E-state index is 0.0568. The van der Waals surface area contributed by atoms with Crippen molar-refractivity contribution in [2.45, 2.75) is 32.9 Å². The van der Waals surface area contributed by atoms with Crippen LogP contribution in [-0.2, 0) is 16.7 Å². The Bertz CT molecular complexity index is 983. The minimum Gasteiger partial charge on any atom is -0.383 e. The molecule has 0 heterocycles. The monoisotopic (exact) mass is 401 g/mol. The average Bonchev–Trinajstić information content (AvgIpc) is 2.64. The fourth-order valence-electron chi connectivity index (χ4n) is 2.58. The molecule has 1 N–H and O–H groups in total. The topological polar surface area (TPSA) is 99.5 Å². The van der Waals surface area contributed by atoms with Crippen LogP contribution in [0.15, 0.2) is 48.5 Å². The number of hydrogen-bond donors (Lipinski definition) is 1. The van der Waals surface area contributed by atoms with Gasteiger partial charge in [0.15, 0.2) is 0 Å². The van der Waals surface area contributed by atoms with Crippen molar-refractivity contribution in [2.75, 3.05) is 11.6 Å². The molecule has 1 atom stereocenters. The zero-order valence-electron chi connectivity index (χ0n) is 16.0. The summed E-state index contributed by atoms with van der Waals surface area (Å²) in [5.41, 5.74) is 1.73. The smallest absolute Gasteiger partial charge is 0.322 e. The molecule has 0 spiro atoms. The fourth-order valence-corrected chi connectivity index (χ4v) is 3.03. The van der Waals surface area contributed by atoms with Crippen molar-refractivity contribution in [3.63, 3.8) is 0 Å². The Labute approximate surface area is 165 Å². The van der Waals surface area contributed by atoms with Gasteiger partial charge in [-0.25, -0.2) is 4.79 Å². The van der Waals surface area contributed by atoms with Gasteiger partial charge in [0, 0.05) is 18.3 Å². The number of rotatable bonds is 7. The predicted molar refractivity (Wildman–Crippen MR) is 107 cm³/mol. The van der Waals surface area contributed by atoms with Crippen LogP contribution in [0.1, 0.15) is 31.4 Å². The Morgan fingerprint density at radius 2 is 1.96 bits per heavy atom. The lowest BCUT2D eigenvalue weighted by molar-refractivity contribution is 0.187. The van der Waals surface area contributed by atoms with E-state index in [0.717, 1.165) is 18.2 Å². The van der Waals surface area contributed by atoms with Crippen molar-refractivity contribution < 1.29 is 17.4 Å². The summed E-state index contributed by atoms with van der Waals surface area (Å²) in [7, 11) is -3.63. The van der Waals surface area contributed by atoms with Gasteiger partial charge in [-0.2, -0.15) is 13.7 Å². The first kappa shape index (κ1) is 21.3. The highest BCUT2D eigenvalue weighted by Crippen LogP contribution is 2.19. The van der Waals surface area contributed by atoms with E-state index in [9.17, 15) is 13.2 Å². The molecule has 0 aliphatic heterocycles. The highest BCUT2D eigenvalue weighted by Gasteiger charge is 2.20. The minimum atomic E-state index is -3.63. The molecule has 2 amide bonds. The van der Waals surface area contributed by atoms with E-state index in [1.807, 2.05) is 19.9 Å². The Morgan fingerprint density at radius 3 is 2.61 bits per heavy atom. The van der Waals surface area contributed by atoms with Gasteiger partial charge in [0.05, 0.1) is 17.9 Å². The zero-order chi connectivity index (χ0) is 20.7. The van der Waals surface area contributed by atoms with Crippen molar-refractivity contribution >= 4 is 21.8 Å². The lowest BCUT2D eigenvalue weighted by atomic mass is 10.1. The summed E-state index contributed by atoms with van der Waals surface area (Å²) in [6.45, 7) is 4.19. The van der Waals surface area contributed by atoms with Gasteiger partial charge in [-0.3, -0.25) is 0 Å². The van der Waals surface area contributed by atoms with Gasteiger partial charge >= 0.3 is 16.1 Å². The van der Waals surface area contributed by atoms with E-state index in [-0.39, 0.29) is 24.4 Å². The second kappa shape index (κ2) is 9.24. The first-order valence-electron chi connectivity index (χ1n) is 8.78. The normalized spacial score (nSPS) is 11.9. The van der Waals surface area contributed by atoms with Gasteiger partial charge in [0.25, 0.3) is 0 Å². The molecule has 2 aromatic rings. The Balaban J connectivity index is 2.20. The Kier molecular flexibility index (Phi) is 7.01. The molecule has 0 radical (unpaired) electrons. The van der Waals surface area contributed by atoms with Crippen LogP contribution in [0, 0.1) is 11.3 Å². The quantitative estimate of drug-likeness (QED) is 0.713. The first-order chi connectivity index (χ1) is 13.2. The van der Waals surface area contributed by atoms with Gasteiger partial charge in [-0.05, 0) is 49.2 Å². The number of urea groups is 1. The maximum Gasteiger partial charge on any atom is 0.322 e. The Hall–Kier alpha value is -3.05. The molecule has 148 valence electrons. The molecular weight excluding hydrogens is 378 g/mol. The molecule has 0 aliphatic carbocycles. The number of anilines is 1. The second-order valence-electron chi connectivity index (χ2n) is 6.44. The van der Waals surface area contributed by atoms with Crippen LogP contribution in [0.3, 0.4) is 0 Å². The molecule has 0 aliphatic rings.